The minimum Gasteiger partial charge on any atom is -0.381 e. The average molecular weight is 192 g/mol. The lowest BCUT2D eigenvalue weighted by atomic mass is 10.1. The first-order valence-corrected chi connectivity index (χ1v) is 4.77. The van der Waals surface area contributed by atoms with Crippen LogP contribution in [0.5, 0.6) is 0 Å². The van der Waals surface area contributed by atoms with Gasteiger partial charge in [0.1, 0.15) is 0 Å². The standard InChI is InChI=1S/C8H14ClNO2/c9-3-1-8(11)10-5-7-2-4-12-6-7/h7H,1-6H2,(H,10,11). The summed E-state index contributed by atoms with van der Waals surface area (Å²) >= 11 is 5.41. The Morgan fingerprint density at radius 2 is 2.50 bits per heavy atom. The molecular weight excluding hydrogens is 178 g/mol. The number of carbonyl (C=O) groups excluding carboxylic acids is 1. The van der Waals surface area contributed by atoms with Crippen molar-refractivity contribution in [3.8, 4) is 0 Å². The lowest BCUT2D eigenvalue weighted by molar-refractivity contribution is -0.120. The molecule has 70 valence electrons. The fourth-order valence-electron chi connectivity index (χ4n) is 1.18. The maximum Gasteiger partial charge on any atom is 0.221 e. The molecule has 0 aromatic heterocycles. The van der Waals surface area contributed by atoms with Gasteiger partial charge >= 0.3 is 0 Å². The van der Waals surface area contributed by atoms with Crippen molar-refractivity contribution in [3.05, 3.63) is 0 Å². The van der Waals surface area contributed by atoms with E-state index in [1.807, 2.05) is 0 Å². The van der Waals surface area contributed by atoms with Gasteiger partial charge in [0, 0.05) is 31.4 Å². The minimum absolute atomic E-state index is 0.0388. The van der Waals surface area contributed by atoms with Gasteiger partial charge in [-0.15, -0.1) is 11.6 Å². The highest BCUT2D eigenvalue weighted by molar-refractivity contribution is 6.18. The molecule has 1 aliphatic heterocycles. The maximum absolute atomic E-state index is 11.0. The van der Waals surface area contributed by atoms with E-state index >= 15 is 0 Å². The third kappa shape index (κ3) is 3.41. The van der Waals surface area contributed by atoms with Crippen LogP contribution in [0.2, 0.25) is 0 Å². The van der Waals surface area contributed by atoms with Crippen LogP contribution < -0.4 is 5.32 Å². The average Bonchev–Trinajstić information content (AvgIpc) is 2.53. The smallest absolute Gasteiger partial charge is 0.221 e. The molecular formula is C8H14ClNO2. The van der Waals surface area contributed by atoms with Crippen molar-refractivity contribution in [1.29, 1.82) is 0 Å². The van der Waals surface area contributed by atoms with E-state index in [2.05, 4.69) is 5.32 Å². The fourth-order valence-corrected chi connectivity index (χ4v) is 1.35. The van der Waals surface area contributed by atoms with Gasteiger partial charge in [-0.3, -0.25) is 4.79 Å². The molecule has 12 heavy (non-hydrogen) atoms. The largest absolute Gasteiger partial charge is 0.381 e. The predicted molar refractivity (Wildman–Crippen MR) is 47.3 cm³/mol. The molecule has 1 unspecified atom stereocenters. The van der Waals surface area contributed by atoms with Gasteiger partial charge in [0.05, 0.1) is 6.61 Å². The highest BCUT2D eigenvalue weighted by Gasteiger charge is 2.15. The summed E-state index contributed by atoms with van der Waals surface area (Å²) in [6.07, 6.45) is 1.47. The van der Waals surface area contributed by atoms with Crippen LogP contribution in [0.15, 0.2) is 0 Å². The molecule has 1 heterocycles. The van der Waals surface area contributed by atoms with Crippen molar-refractivity contribution >= 4 is 17.5 Å². The highest BCUT2D eigenvalue weighted by atomic mass is 35.5. The van der Waals surface area contributed by atoms with E-state index in [1.165, 1.54) is 0 Å². The first kappa shape index (κ1) is 9.81. The maximum atomic E-state index is 11.0. The van der Waals surface area contributed by atoms with E-state index in [1.54, 1.807) is 0 Å². The molecule has 0 saturated carbocycles. The summed E-state index contributed by atoms with van der Waals surface area (Å²) in [5.41, 5.74) is 0. The summed E-state index contributed by atoms with van der Waals surface area (Å²) in [4.78, 5) is 11.0. The molecule has 0 aliphatic carbocycles. The molecule has 0 aromatic carbocycles. The van der Waals surface area contributed by atoms with Crippen molar-refractivity contribution in [2.24, 2.45) is 5.92 Å². The molecule has 1 aliphatic rings. The molecule has 1 N–H and O–H groups in total. The number of alkyl halides is 1. The second-order valence-corrected chi connectivity index (χ2v) is 3.35. The second-order valence-electron chi connectivity index (χ2n) is 2.97. The van der Waals surface area contributed by atoms with Crippen LogP contribution in [-0.4, -0.2) is 31.5 Å². The van der Waals surface area contributed by atoms with Crippen LogP contribution >= 0.6 is 11.6 Å². The molecule has 0 aromatic rings. The summed E-state index contributed by atoms with van der Waals surface area (Å²) in [7, 11) is 0. The van der Waals surface area contributed by atoms with Gasteiger partial charge in [-0.2, -0.15) is 0 Å². The summed E-state index contributed by atoms with van der Waals surface area (Å²) < 4.78 is 5.17. The summed E-state index contributed by atoms with van der Waals surface area (Å²) in [6, 6.07) is 0. The fraction of sp³-hybridized carbons (Fsp3) is 0.875. The van der Waals surface area contributed by atoms with Crippen molar-refractivity contribution in [2.75, 3.05) is 25.6 Å². The molecule has 1 rings (SSSR count). The Bertz CT molecular complexity index is 146. The molecule has 1 saturated heterocycles. The molecule has 0 spiro atoms. The third-order valence-electron chi connectivity index (χ3n) is 1.93. The molecule has 1 fully saturated rings. The van der Waals surface area contributed by atoms with Gasteiger partial charge in [-0.05, 0) is 6.42 Å². The van der Waals surface area contributed by atoms with E-state index in [-0.39, 0.29) is 5.91 Å². The van der Waals surface area contributed by atoms with Gasteiger partial charge in [0.2, 0.25) is 5.91 Å². The van der Waals surface area contributed by atoms with Crippen LogP contribution in [0.25, 0.3) is 0 Å². The van der Waals surface area contributed by atoms with Crippen LogP contribution in [0.3, 0.4) is 0 Å². The van der Waals surface area contributed by atoms with E-state index in [0.29, 0.717) is 18.2 Å². The zero-order chi connectivity index (χ0) is 8.81. The number of ether oxygens (including phenoxy) is 1. The number of nitrogens with one attached hydrogen (secondary N) is 1. The third-order valence-corrected chi connectivity index (χ3v) is 2.12. The Labute approximate surface area is 77.4 Å². The Morgan fingerprint density at radius 3 is 3.08 bits per heavy atom. The normalized spacial score (nSPS) is 22.6. The SMILES string of the molecule is O=C(CCCl)NCC1CCOC1. The highest BCUT2D eigenvalue weighted by Crippen LogP contribution is 2.10. The monoisotopic (exact) mass is 191 g/mol. The molecule has 1 amide bonds. The number of halogens is 1. The number of hydrogen-bond donors (Lipinski definition) is 1. The van der Waals surface area contributed by atoms with Gasteiger partial charge in [0.15, 0.2) is 0 Å². The number of rotatable bonds is 4. The van der Waals surface area contributed by atoms with Gasteiger partial charge in [-0.1, -0.05) is 0 Å². The predicted octanol–water partition coefficient (Wildman–Crippen LogP) is 0.768. The Hall–Kier alpha value is -0.280. The van der Waals surface area contributed by atoms with Crippen LogP contribution in [0.1, 0.15) is 12.8 Å². The van der Waals surface area contributed by atoms with Crippen LogP contribution in [0, 0.1) is 5.92 Å². The molecule has 4 heteroatoms. The first-order valence-electron chi connectivity index (χ1n) is 4.23. The van der Waals surface area contributed by atoms with Crippen molar-refractivity contribution in [3.63, 3.8) is 0 Å². The first-order chi connectivity index (χ1) is 5.83. The van der Waals surface area contributed by atoms with E-state index in [0.717, 1.165) is 26.2 Å². The summed E-state index contributed by atoms with van der Waals surface area (Å²) in [5.74, 6) is 0.939. The van der Waals surface area contributed by atoms with E-state index in [4.69, 9.17) is 16.3 Å². The lowest BCUT2D eigenvalue weighted by Crippen LogP contribution is -2.29. The van der Waals surface area contributed by atoms with Crippen LogP contribution in [0.4, 0.5) is 0 Å². The summed E-state index contributed by atoms with van der Waals surface area (Å²) in [6.45, 7) is 2.34. The number of hydrogen-bond acceptors (Lipinski definition) is 2. The Balaban J connectivity index is 2.03. The minimum atomic E-state index is 0.0388. The van der Waals surface area contributed by atoms with E-state index < -0.39 is 0 Å². The lowest BCUT2D eigenvalue weighted by Gasteiger charge is -2.08. The quantitative estimate of drug-likeness (QED) is 0.667. The number of carbonyl (C=O) groups is 1. The molecule has 0 bridgehead atoms. The van der Waals surface area contributed by atoms with Crippen molar-refractivity contribution in [1.82, 2.24) is 5.32 Å². The zero-order valence-corrected chi connectivity index (χ0v) is 7.77. The van der Waals surface area contributed by atoms with Gasteiger partial charge in [-0.25, -0.2) is 0 Å². The topological polar surface area (TPSA) is 38.3 Å². The molecule has 3 nitrogen and oxygen atoms in total. The van der Waals surface area contributed by atoms with Gasteiger partial charge in [0.25, 0.3) is 0 Å². The molecule has 1 atom stereocenters. The second kappa shape index (κ2) is 5.38. The number of amides is 1. The van der Waals surface area contributed by atoms with Gasteiger partial charge < -0.3 is 10.1 Å². The van der Waals surface area contributed by atoms with Crippen LogP contribution in [-0.2, 0) is 9.53 Å². The molecule has 0 radical (unpaired) electrons. The van der Waals surface area contributed by atoms with Crippen molar-refractivity contribution in [2.45, 2.75) is 12.8 Å². The Kier molecular flexibility index (Phi) is 4.40. The van der Waals surface area contributed by atoms with E-state index in [9.17, 15) is 4.79 Å². The zero-order valence-electron chi connectivity index (χ0n) is 7.01. The van der Waals surface area contributed by atoms with Crippen molar-refractivity contribution < 1.29 is 9.53 Å². The summed E-state index contributed by atoms with van der Waals surface area (Å²) in [5, 5.41) is 2.82. The Morgan fingerprint density at radius 1 is 1.67 bits per heavy atom.